The standard InChI is InChI=1S/C16H21N3O5S/c1-25(21,22)16-17-11-12-6-7-13(20)19(15(12)18-16)8-4-10-24-14-5-2-3-9-23-14/h6-7,11,14H,2-5,8-10H2,1H3. The van der Waals surface area contributed by atoms with E-state index in [-0.39, 0.29) is 17.0 Å². The number of ether oxygens (including phenoxy) is 2. The molecule has 1 saturated heterocycles. The maximum absolute atomic E-state index is 12.2. The van der Waals surface area contributed by atoms with Crippen molar-refractivity contribution in [3.63, 3.8) is 0 Å². The molecular weight excluding hydrogens is 346 g/mol. The van der Waals surface area contributed by atoms with Crippen molar-refractivity contribution in [2.24, 2.45) is 0 Å². The van der Waals surface area contributed by atoms with Gasteiger partial charge in [-0.15, -0.1) is 0 Å². The highest BCUT2D eigenvalue weighted by Gasteiger charge is 2.15. The molecule has 8 nitrogen and oxygen atoms in total. The minimum absolute atomic E-state index is 0.169. The van der Waals surface area contributed by atoms with Crippen LogP contribution in [0, 0.1) is 0 Å². The molecule has 3 heterocycles. The molecule has 25 heavy (non-hydrogen) atoms. The molecule has 1 aliphatic heterocycles. The van der Waals surface area contributed by atoms with E-state index in [2.05, 4.69) is 9.97 Å². The fraction of sp³-hybridized carbons (Fsp3) is 0.562. The second-order valence-electron chi connectivity index (χ2n) is 6.05. The van der Waals surface area contributed by atoms with Crippen LogP contribution in [0.3, 0.4) is 0 Å². The van der Waals surface area contributed by atoms with Crippen molar-refractivity contribution in [3.05, 3.63) is 28.7 Å². The van der Waals surface area contributed by atoms with E-state index in [1.807, 2.05) is 0 Å². The first-order chi connectivity index (χ1) is 11.9. The van der Waals surface area contributed by atoms with E-state index in [0.29, 0.717) is 30.6 Å². The Morgan fingerprint density at radius 1 is 1.36 bits per heavy atom. The zero-order chi connectivity index (χ0) is 17.9. The predicted molar refractivity (Wildman–Crippen MR) is 91.1 cm³/mol. The maximum Gasteiger partial charge on any atom is 0.252 e. The van der Waals surface area contributed by atoms with Crippen molar-refractivity contribution >= 4 is 20.9 Å². The van der Waals surface area contributed by atoms with E-state index >= 15 is 0 Å². The van der Waals surface area contributed by atoms with Crippen LogP contribution in [0.25, 0.3) is 11.0 Å². The van der Waals surface area contributed by atoms with Gasteiger partial charge in [0.1, 0.15) is 5.65 Å². The molecule has 1 unspecified atom stereocenters. The molecule has 136 valence electrons. The second-order valence-corrected chi connectivity index (χ2v) is 7.96. The SMILES string of the molecule is CS(=O)(=O)c1ncc2ccc(=O)n(CCCOC3CCCCO3)c2n1. The topological polar surface area (TPSA) is 100 Å². The Hall–Kier alpha value is -1.84. The van der Waals surface area contributed by atoms with Crippen LogP contribution in [-0.2, 0) is 25.9 Å². The van der Waals surface area contributed by atoms with E-state index in [1.54, 1.807) is 6.07 Å². The Balaban J connectivity index is 1.75. The third kappa shape index (κ3) is 4.42. The van der Waals surface area contributed by atoms with Crippen molar-refractivity contribution in [1.29, 1.82) is 0 Å². The second kappa shape index (κ2) is 7.59. The van der Waals surface area contributed by atoms with Gasteiger partial charge >= 0.3 is 0 Å². The highest BCUT2D eigenvalue weighted by atomic mass is 32.2. The van der Waals surface area contributed by atoms with Crippen molar-refractivity contribution in [3.8, 4) is 0 Å². The Morgan fingerprint density at radius 3 is 2.92 bits per heavy atom. The number of pyridine rings is 1. The smallest absolute Gasteiger partial charge is 0.252 e. The van der Waals surface area contributed by atoms with Crippen LogP contribution in [-0.4, -0.2) is 48.7 Å². The maximum atomic E-state index is 12.2. The quantitative estimate of drug-likeness (QED) is 0.557. The zero-order valence-corrected chi connectivity index (χ0v) is 14.9. The highest BCUT2D eigenvalue weighted by molar-refractivity contribution is 7.90. The predicted octanol–water partition coefficient (Wildman–Crippen LogP) is 1.13. The molecule has 0 radical (unpaired) electrons. The lowest BCUT2D eigenvalue weighted by Gasteiger charge is -2.22. The summed E-state index contributed by atoms with van der Waals surface area (Å²) in [6, 6.07) is 3.02. The van der Waals surface area contributed by atoms with Gasteiger partial charge in [-0.25, -0.2) is 13.4 Å². The van der Waals surface area contributed by atoms with Gasteiger partial charge in [-0.3, -0.25) is 9.36 Å². The molecular formula is C16H21N3O5S. The molecule has 3 rings (SSSR count). The van der Waals surface area contributed by atoms with E-state index in [0.717, 1.165) is 32.1 Å². The summed E-state index contributed by atoms with van der Waals surface area (Å²) in [6.45, 7) is 1.55. The van der Waals surface area contributed by atoms with Crippen LogP contribution in [0.1, 0.15) is 25.7 Å². The van der Waals surface area contributed by atoms with Crippen LogP contribution >= 0.6 is 0 Å². The van der Waals surface area contributed by atoms with Gasteiger partial charge in [0, 0.05) is 37.1 Å². The first kappa shape index (κ1) is 18.0. The summed E-state index contributed by atoms with van der Waals surface area (Å²) in [5.41, 5.74) is 0.0800. The average Bonchev–Trinajstić information content (AvgIpc) is 2.60. The molecule has 2 aromatic rings. The largest absolute Gasteiger partial charge is 0.353 e. The number of nitrogens with zero attached hydrogens (tertiary/aromatic N) is 3. The fourth-order valence-corrected chi connectivity index (χ4v) is 3.23. The third-order valence-corrected chi connectivity index (χ3v) is 4.86. The Morgan fingerprint density at radius 2 is 2.20 bits per heavy atom. The average molecular weight is 367 g/mol. The molecule has 0 aliphatic carbocycles. The van der Waals surface area contributed by atoms with Gasteiger partial charge in [0.05, 0.1) is 6.61 Å². The summed E-state index contributed by atoms with van der Waals surface area (Å²) in [4.78, 5) is 20.1. The lowest BCUT2D eigenvalue weighted by atomic mass is 10.2. The number of hydrogen-bond acceptors (Lipinski definition) is 7. The van der Waals surface area contributed by atoms with Gasteiger partial charge in [-0.05, 0) is 31.7 Å². The van der Waals surface area contributed by atoms with Gasteiger partial charge in [0.2, 0.25) is 15.0 Å². The molecule has 0 bridgehead atoms. The number of rotatable bonds is 6. The number of fused-ring (bicyclic) bond motifs is 1. The molecule has 9 heteroatoms. The summed E-state index contributed by atoms with van der Waals surface area (Å²) < 4.78 is 35.9. The normalized spacial score (nSPS) is 18.5. The summed E-state index contributed by atoms with van der Waals surface area (Å²) >= 11 is 0. The fourth-order valence-electron chi connectivity index (χ4n) is 2.73. The molecule has 2 aromatic heterocycles. The van der Waals surface area contributed by atoms with Crippen molar-refractivity contribution in [2.45, 2.75) is 43.7 Å². The molecule has 0 saturated carbocycles. The number of aryl methyl sites for hydroxylation is 1. The van der Waals surface area contributed by atoms with Crippen LogP contribution in [0.15, 0.2) is 28.3 Å². The van der Waals surface area contributed by atoms with Crippen molar-refractivity contribution in [1.82, 2.24) is 14.5 Å². The van der Waals surface area contributed by atoms with Crippen LogP contribution < -0.4 is 5.56 Å². The number of sulfone groups is 1. The first-order valence-electron chi connectivity index (χ1n) is 8.25. The summed E-state index contributed by atoms with van der Waals surface area (Å²) in [5, 5.41) is 0.328. The molecule has 1 aliphatic rings. The zero-order valence-electron chi connectivity index (χ0n) is 14.1. The summed E-state index contributed by atoms with van der Waals surface area (Å²) in [5.74, 6) is 0. The molecule has 0 aromatic carbocycles. The van der Waals surface area contributed by atoms with E-state index in [9.17, 15) is 13.2 Å². The molecule has 0 N–H and O–H groups in total. The lowest BCUT2D eigenvalue weighted by molar-refractivity contribution is -0.163. The summed E-state index contributed by atoms with van der Waals surface area (Å²) in [7, 11) is -3.54. The number of aromatic nitrogens is 3. The summed E-state index contributed by atoms with van der Waals surface area (Å²) in [6.07, 6.45) is 5.93. The van der Waals surface area contributed by atoms with Crippen LogP contribution in [0.4, 0.5) is 0 Å². The van der Waals surface area contributed by atoms with Crippen molar-refractivity contribution < 1.29 is 17.9 Å². The van der Waals surface area contributed by atoms with E-state index in [1.165, 1.54) is 16.8 Å². The molecule has 0 spiro atoms. The Labute approximate surface area is 145 Å². The van der Waals surface area contributed by atoms with Crippen molar-refractivity contribution in [2.75, 3.05) is 19.5 Å². The highest BCUT2D eigenvalue weighted by Crippen LogP contribution is 2.14. The van der Waals surface area contributed by atoms with Gasteiger partial charge in [0.25, 0.3) is 5.56 Å². The first-order valence-corrected chi connectivity index (χ1v) is 10.1. The monoisotopic (exact) mass is 367 g/mol. The van der Waals surface area contributed by atoms with E-state index < -0.39 is 9.84 Å². The van der Waals surface area contributed by atoms with Gasteiger partial charge in [-0.1, -0.05) is 0 Å². The Bertz CT molecular complexity index is 904. The molecule has 1 atom stereocenters. The van der Waals surface area contributed by atoms with Crippen LogP contribution in [0.5, 0.6) is 0 Å². The molecule has 1 fully saturated rings. The van der Waals surface area contributed by atoms with Crippen LogP contribution in [0.2, 0.25) is 0 Å². The lowest BCUT2D eigenvalue weighted by Crippen LogP contribution is -2.25. The minimum Gasteiger partial charge on any atom is -0.353 e. The Kier molecular flexibility index (Phi) is 5.45. The van der Waals surface area contributed by atoms with Gasteiger partial charge in [-0.2, -0.15) is 4.98 Å². The van der Waals surface area contributed by atoms with E-state index in [4.69, 9.17) is 9.47 Å². The third-order valence-electron chi connectivity index (χ3n) is 4.00. The molecule has 0 amide bonds. The van der Waals surface area contributed by atoms with Gasteiger partial charge in [0.15, 0.2) is 6.29 Å². The number of hydrogen-bond donors (Lipinski definition) is 0. The van der Waals surface area contributed by atoms with Gasteiger partial charge < -0.3 is 9.47 Å². The minimum atomic E-state index is -3.54.